The van der Waals surface area contributed by atoms with Crippen LogP contribution in [0.1, 0.15) is 53.1 Å². The van der Waals surface area contributed by atoms with Crippen LogP contribution in [-0.4, -0.2) is 38.0 Å². The molecular formula is C21H30N6O3. The van der Waals surface area contributed by atoms with Crippen molar-refractivity contribution >= 4 is 5.78 Å². The molecule has 162 valence electrons. The van der Waals surface area contributed by atoms with Gasteiger partial charge in [0.1, 0.15) is 5.69 Å². The highest BCUT2D eigenvalue weighted by Gasteiger charge is 2.55. The molecule has 2 aliphatic rings. The molecule has 2 atom stereocenters. The number of allylic oxidation sites excluding steroid dienone is 2. The molecule has 2 N–H and O–H groups in total. The average molecular weight is 417 g/mol. The molecule has 30 heavy (non-hydrogen) atoms. The van der Waals surface area contributed by atoms with Crippen LogP contribution in [0.3, 0.4) is 0 Å². The summed E-state index contributed by atoms with van der Waals surface area (Å²) in [5.74, 6) is 0.991. The van der Waals surface area contributed by atoms with Crippen molar-refractivity contribution in [1.29, 1.82) is 0 Å². The van der Waals surface area contributed by atoms with Crippen molar-refractivity contribution in [2.24, 2.45) is 18.4 Å². The predicted octanol–water partition coefficient (Wildman–Crippen LogP) is 3.24. The fourth-order valence-corrected chi connectivity index (χ4v) is 4.85. The molecule has 2 heterocycles. The third-order valence-corrected chi connectivity index (χ3v) is 6.04. The zero-order chi connectivity index (χ0) is 23.6. The Labute approximate surface area is 178 Å². The van der Waals surface area contributed by atoms with E-state index in [9.17, 15) is 4.79 Å². The molecule has 0 spiro atoms. The average Bonchev–Trinajstić information content (AvgIpc) is 3.30. The third-order valence-electron chi connectivity index (χ3n) is 6.04. The highest BCUT2D eigenvalue weighted by molar-refractivity contribution is 6.02. The summed E-state index contributed by atoms with van der Waals surface area (Å²) < 4.78 is 13.2. The smallest absolute Gasteiger partial charge is 0.266 e. The van der Waals surface area contributed by atoms with Crippen molar-refractivity contribution in [2.45, 2.75) is 53.4 Å². The largest absolute Gasteiger partial charge is 0.420 e. The zero-order valence-electron chi connectivity index (χ0n) is 19.6. The van der Waals surface area contributed by atoms with E-state index < -0.39 is 10.8 Å². The summed E-state index contributed by atoms with van der Waals surface area (Å²) in [7, 11) is 4.55. The van der Waals surface area contributed by atoms with Gasteiger partial charge >= 0.3 is 0 Å². The SMILES string of the molecule is CNO.[3H]C.[C-]#[N+]C1=C[C@]2(C)c3nn(C)c(-c4nnc(C)o4)c3CC[C@H]2C(C)(C)C1=O. The topological polar surface area (TPSA) is 110 Å². The quantitative estimate of drug-likeness (QED) is 0.542. The summed E-state index contributed by atoms with van der Waals surface area (Å²) >= 11 is 0. The lowest BCUT2D eigenvalue weighted by Gasteiger charge is -2.49. The van der Waals surface area contributed by atoms with Crippen LogP contribution in [0.15, 0.2) is 16.2 Å². The Balaban J connectivity index is 0.000000630. The Kier molecular flexibility index (Phi) is 5.92. The van der Waals surface area contributed by atoms with Gasteiger partial charge < -0.3 is 14.4 Å². The van der Waals surface area contributed by atoms with Crippen molar-refractivity contribution in [3.05, 3.63) is 40.3 Å². The Morgan fingerprint density at radius 2 is 2.07 bits per heavy atom. The van der Waals surface area contributed by atoms with E-state index in [1.165, 1.54) is 14.5 Å². The van der Waals surface area contributed by atoms with Crippen molar-refractivity contribution in [3.63, 3.8) is 0 Å². The van der Waals surface area contributed by atoms with Gasteiger partial charge in [-0.2, -0.15) is 5.10 Å². The van der Waals surface area contributed by atoms with Crippen molar-refractivity contribution in [3.8, 4) is 11.6 Å². The van der Waals surface area contributed by atoms with Crippen molar-refractivity contribution in [2.75, 3.05) is 7.05 Å². The van der Waals surface area contributed by atoms with Gasteiger partial charge in [0.2, 0.25) is 11.6 Å². The van der Waals surface area contributed by atoms with Crippen LogP contribution >= 0.6 is 0 Å². The van der Waals surface area contributed by atoms with Gasteiger partial charge in [0.15, 0.2) is 5.78 Å². The summed E-state index contributed by atoms with van der Waals surface area (Å²) in [4.78, 5) is 16.3. The number of rotatable bonds is 1. The first kappa shape index (κ1) is 21.9. The van der Waals surface area contributed by atoms with E-state index in [4.69, 9.17) is 22.7 Å². The first-order valence-corrected chi connectivity index (χ1v) is 9.44. The van der Waals surface area contributed by atoms with Crippen LogP contribution in [-0.2, 0) is 23.7 Å². The molecule has 2 aromatic rings. The molecule has 0 amide bonds. The van der Waals surface area contributed by atoms with E-state index >= 15 is 0 Å². The number of carbonyl (C=O) groups excluding carboxylic acids is 1. The molecule has 0 aromatic carbocycles. The minimum Gasteiger partial charge on any atom is -0.420 e. The van der Waals surface area contributed by atoms with Gasteiger partial charge in [-0.25, -0.2) is 10.3 Å². The molecule has 4 rings (SSSR count). The number of fused-ring (bicyclic) bond motifs is 3. The molecule has 0 bridgehead atoms. The predicted molar refractivity (Wildman–Crippen MR) is 111 cm³/mol. The maximum atomic E-state index is 12.7. The molecular weight excluding hydrogens is 384 g/mol. The van der Waals surface area contributed by atoms with Crippen LogP contribution < -0.4 is 5.48 Å². The van der Waals surface area contributed by atoms with Crippen LogP contribution in [0.2, 0.25) is 0 Å². The molecule has 9 nitrogen and oxygen atoms in total. The minimum absolute atomic E-state index is 0.0675. The summed E-state index contributed by atoms with van der Waals surface area (Å²) in [6, 6.07) is 0. The van der Waals surface area contributed by atoms with E-state index in [-0.39, 0.29) is 17.4 Å². The van der Waals surface area contributed by atoms with Gasteiger partial charge in [0.05, 0.1) is 12.3 Å². The number of aromatic nitrogens is 4. The van der Waals surface area contributed by atoms with Crippen molar-refractivity contribution in [1.82, 2.24) is 25.5 Å². The van der Waals surface area contributed by atoms with Gasteiger partial charge in [0.25, 0.3) is 5.89 Å². The fourth-order valence-electron chi connectivity index (χ4n) is 4.85. The van der Waals surface area contributed by atoms with E-state index in [0.29, 0.717) is 11.8 Å². The Morgan fingerprint density at radius 1 is 1.43 bits per heavy atom. The number of nitrogens with zero attached hydrogens (tertiary/aromatic N) is 5. The van der Waals surface area contributed by atoms with Crippen molar-refractivity contribution < 1.29 is 15.8 Å². The highest BCUT2D eigenvalue weighted by atomic mass is 16.5. The number of carbonyl (C=O) groups is 1. The summed E-state index contributed by atoms with van der Waals surface area (Å²) in [5.41, 5.74) is 3.69. The number of hydroxylamine groups is 1. The maximum absolute atomic E-state index is 12.7. The van der Waals surface area contributed by atoms with Crippen LogP contribution in [0, 0.1) is 24.8 Å². The monoisotopic (exact) mass is 416 g/mol. The van der Waals surface area contributed by atoms with Crippen LogP contribution in [0.5, 0.6) is 0 Å². The van der Waals surface area contributed by atoms with E-state index in [0.717, 1.165) is 29.8 Å². The molecule has 0 radical (unpaired) electrons. The molecule has 0 fully saturated rings. The number of Topliss-reactive ketones (excluding diaryl/α,β-unsaturated/α-hetero) is 1. The lowest BCUT2D eigenvalue weighted by molar-refractivity contribution is -0.128. The molecule has 0 aliphatic heterocycles. The Hall–Kier alpha value is -2.83. The molecule has 0 unspecified atom stereocenters. The van der Waals surface area contributed by atoms with E-state index in [1.807, 2.05) is 27.0 Å². The second kappa shape index (κ2) is 8.13. The summed E-state index contributed by atoms with van der Waals surface area (Å²) in [6.07, 6.45) is 3.46. The standard InChI is InChI=1S/C19H21N5O2.CH5NO.CH4/c1-10-21-22-17(26-10)14-11-7-8-13-18(2,3)16(25)12(20-5)9-19(13,4)15(11)23-24(14)6;1-2-3;/h9,13H,7-8H2,1-4,6H3;2-3H,1H3;1H4/t13-,19-;;/m0../s1/i;;1T. The fraction of sp³-hybridized carbons (Fsp3) is 0.571. The molecule has 2 aliphatic carbocycles. The zero-order valence-corrected chi connectivity index (χ0v) is 18.6. The first-order valence-electron chi connectivity index (χ1n) is 10.4. The third kappa shape index (κ3) is 3.36. The van der Waals surface area contributed by atoms with Gasteiger partial charge in [-0.1, -0.05) is 34.2 Å². The van der Waals surface area contributed by atoms with Crippen LogP contribution in [0.4, 0.5) is 0 Å². The Bertz CT molecular complexity index is 1030. The first-order chi connectivity index (χ1) is 14.6. The molecule has 9 heteroatoms. The lowest BCUT2D eigenvalue weighted by Crippen LogP contribution is -2.50. The summed E-state index contributed by atoms with van der Waals surface area (Å²) in [5, 5.41) is 20.2. The van der Waals surface area contributed by atoms with E-state index in [1.54, 1.807) is 17.1 Å². The van der Waals surface area contributed by atoms with Gasteiger partial charge in [-0.15, -0.1) is 10.2 Å². The summed E-state index contributed by atoms with van der Waals surface area (Å²) in [6.45, 7) is 15.2. The number of aryl methyl sites for hydroxylation is 2. The molecule has 2 aromatic heterocycles. The van der Waals surface area contributed by atoms with Gasteiger partial charge in [0, 0.05) is 38.8 Å². The minimum atomic E-state index is -0.597. The van der Waals surface area contributed by atoms with Gasteiger partial charge in [-0.3, -0.25) is 4.68 Å². The number of nitrogens with one attached hydrogen (secondary N) is 1. The second-order valence-corrected chi connectivity index (χ2v) is 8.22. The lowest BCUT2D eigenvalue weighted by atomic mass is 9.53. The number of hydrogen-bond donors (Lipinski definition) is 2. The highest BCUT2D eigenvalue weighted by Crippen LogP contribution is 2.55. The number of ketones is 1. The van der Waals surface area contributed by atoms with E-state index in [2.05, 4.69) is 22.0 Å². The van der Waals surface area contributed by atoms with Crippen LogP contribution in [0.25, 0.3) is 16.4 Å². The number of hydrogen-bond acceptors (Lipinski definition) is 7. The second-order valence-electron chi connectivity index (χ2n) is 8.22. The molecule has 0 saturated carbocycles. The normalized spacial score (nSPS) is 24.0. The van der Waals surface area contributed by atoms with Gasteiger partial charge in [-0.05, 0) is 18.8 Å². The maximum Gasteiger partial charge on any atom is 0.266 e. The Morgan fingerprint density at radius 3 is 2.60 bits per heavy atom. The molecule has 0 saturated heterocycles.